The summed E-state index contributed by atoms with van der Waals surface area (Å²) in [5.74, 6) is -0.762. The molecule has 0 fully saturated rings. The lowest BCUT2D eigenvalue weighted by molar-refractivity contribution is -0.116. The zero-order valence-electron chi connectivity index (χ0n) is 18.4. The summed E-state index contributed by atoms with van der Waals surface area (Å²) < 4.78 is 1.60. The summed E-state index contributed by atoms with van der Waals surface area (Å²) in [5.41, 5.74) is 13.0. The number of benzene rings is 1. The number of fused-ring (bicyclic) bond motifs is 1. The number of nitrogen functional groups attached to an aromatic ring is 1. The Labute approximate surface area is 184 Å². The van der Waals surface area contributed by atoms with Gasteiger partial charge in [0.25, 0.3) is 5.56 Å². The molecule has 0 bridgehead atoms. The van der Waals surface area contributed by atoms with Gasteiger partial charge < -0.3 is 21.4 Å². The molecule has 2 amide bonds. The van der Waals surface area contributed by atoms with Crippen molar-refractivity contribution in [3.63, 3.8) is 0 Å². The van der Waals surface area contributed by atoms with Gasteiger partial charge in [-0.3, -0.25) is 24.3 Å². The van der Waals surface area contributed by atoms with Crippen LogP contribution in [0.25, 0.3) is 11.2 Å². The number of nitrogens with one attached hydrogen (secondary N) is 2. The van der Waals surface area contributed by atoms with E-state index in [4.69, 9.17) is 11.5 Å². The minimum atomic E-state index is -0.509. The van der Waals surface area contributed by atoms with Crippen molar-refractivity contribution in [2.24, 2.45) is 5.73 Å². The number of carbonyl (C=O) groups is 2. The van der Waals surface area contributed by atoms with Crippen molar-refractivity contribution in [3.05, 3.63) is 46.0 Å². The van der Waals surface area contributed by atoms with Crippen LogP contribution in [0, 0.1) is 0 Å². The number of carbonyl (C=O) groups excluding carboxylic acids is 2. The molecule has 0 saturated heterocycles. The summed E-state index contributed by atoms with van der Waals surface area (Å²) in [6, 6.07) is 5.03. The highest BCUT2D eigenvalue weighted by atomic mass is 16.2. The van der Waals surface area contributed by atoms with Crippen LogP contribution in [-0.2, 0) is 11.3 Å². The van der Waals surface area contributed by atoms with Crippen molar-refractivity contribution in [1.82, 2.24) is 24.4 Å². The van der Waals surface area contributed by atoms with Crippen LogP contribution in [0.2, 0.25) is 0 Å². The summed E-state index contributed by atoms with van der Waals surface area (Å²) >= 11 is 0. The summed E-state index contributed by atoms with van der Waals surface area (Å²) in [4.78, 5) is 49.1. The largest absolute Gasteiger partial charge is 0.369 e. The molecule has 2 aromatic heterocycles. The van der Waals surface area contributed by atoms with Gasteiger partial charge in [-0.2, -0.15) is 4.98 Å². The van der Waals surface area contributed by atoms with Crippen LogP contribution in [-0.4, -0.2) is 49.3 Å². The van der Waals surface area contributed by atoms with E-state index >= 15 is 0 Å². The third kappa shape index (κ3) is 4.78. The molecule has 32 heavy (non-hydrogen) atoms. The van der Waals surface area contributed by atoms with E-state index in [1.165, 1.54) is 6.33 Å². The van der Waals surface area contributed by atoms with Crippen molar-refractivity contribution in [3.8, 4) is 0 Å². The van der Waals surface area contributed by atoms with E-state index in [2.05, 4.69) is 25.2 Å². The maximum Gasteiger partial charge on any atom is 0.280 e. The Morgan fingerprint density at radius 2 is 2.00 bits per heavy atom. The van der Waals surface area contributed by atoms with Crippen molar-refractivity contribution in [2.45, 2.75) is 39.8 Å². The van der Waals surface area contributed by atoms with Crippen LogP contribution in [0.1, 0.15) is 49.2 Å². The molecule has 11 nitrogen and oxygen atoms in total. The monoisotopic (exact) mass is 440 g/mol. The van der Waals surface area contributed by atoms with Crippen LogP contribution in [0.15, 0.2) is 29.3 Å². The van der Waals surface area contributed by atoms with Gasteiger partial charge in [-0.1, -0.05) is 13.8 Å². The number of aromatic nitrogens is 4. The number of nitrogens with zero attached hydrogens (tertiary/aromatic N) is 4. The van der Waals surface area contributed by atoms with Crippen molar-refractivity contribution >= 4 is 34.6 Å². The molecule has 6 N–H and O–H groups in total. The third-order valence-corrected chi connectivity index (χ3v) is 5.48. The molecular formula is C21H28N8O3. The molecule has 11 heteroatoms. The molecular weight excluding hydrogens is 412 g/mol. The molecule has 0 aliphatic rings. The van der Waals surface area contributed by atoms with Gasteiger partial charge in [0.1, 0.15) is 0 Å². The van der Waals surface area contributed by atoms with Gasteiger partial charge in [0, 0.05) is 30.3 Å². The molecule has 1 unspecified atom stereocenters. The first-order chi connectivity index (χ1) is 15.2. The molecule has 0 aliphatic carbocycles. The Bertz CT molecular complexity index is 1200. The number of anilines is 2. The van der Waals surface area contributed by atoms with Gasteiger partial charge in [0.2, 0.25) is 17.8 Å². The second-order valence-corrected chi connectivity index (χ2v) is 7.42. The standard InChI is InChI=1S/C21H28N8O3/c1-4-28(5-2)12(3)15-10-13(6-7-14(15)18(22)31)25-16(30)8-9-29-11-24-17-19(29)26-21(23)27-20(17)32/h6-7,10-12H,4-5,8-9H2,1-3H3,(H2,22,31)(H,25,30)(H3,23,26,27,32). The molecule has 1 atom stereocenters. The number of imidazole rings is 1. The normalized spacial score (nSPS) is 12.2. The molecule has 2 heterocycles. The molecule has 0 saturated carbocycles. The Morgan fingerprint density at radius 3 is 2.66 bits per heavy atom. The van der Waals surface area contributed by atoms with Crippen molar-refractivity contribution in [2.75, 3.05) is 24.1 Å². The Morgan fingerprint density at radius 1 is 1.28 bits per heavy atom. The highest BCUT2D eigenvalue weighted by molar-refractivity contribution is 5.96. The number of rotatable bonds is 9. The van der Waals surface area contributed by atoms with Crippen LogP contribution in [0.5, 0.6) is 0 Å². The van der Waals surface area contributed by atoms with Crippen LogP contribution in [0.3, 0.4) is 0 Å². The van der Waals surface area contributed by atoms with E-state index in [9.17, 15) is 14.4 Å². The number of hydrogen-bond donors (Lipinski definition) is 4. The quantitative estimate of drug-likeness (QED) is 0.388. The highest BCUT2D eigenvalue weighted by Gasteiger charge is 2.20. The number of nitrogens with two attached hydrogens (primary N) is 2. The second kappa shape index (κ2) is 9.60. The predicted octanol–water partition coefficient (Wildman–Crippen LogP) is 1.23. The number of primary amides is 1. The summed E-state index contributed by atoms with van der Waals surface area (Å²) in [7, 11) is 0. The van der Waals surface area contributed by atoms with Crippen LogP contribution in [0.4, 0.5) is 11.6 Å². The van der Waals surface area contributed by atoms with E-state index in [0.29, 0.717) is 16.9 Å². The summed E-state index contributed by atoms with van der Waals surface area (Å²) in [6.07, 6.45) is 1.57. The molecule has 170 valence electrons. The number of H-pyrrole nitrogens is 1. The highest BCUT2D eigenvalue weighted by Crippen LogP contribution is 2.26. The zero-order valence-corrected chi connectivity index (χ0v) is 18.4. The fraction of sp³-hybridized carbons (Fsp3) is 0.381. The lowest BCUT2D eigenvalue weighted by atomic mass is 9.98. The smallest absolute Gasteiger partial charge is 0.280 e. The van der Waals surface area contributed by atoms with Crippen LogP contribution >= 0.6 is 0 Å². The lowest BCUT2D eigenvalue weighted by Gasteiger charge is -2.28. The minimum absolute atomic E-state index is 0.0157. The molecule has 3 aromatic rings. The van der Waals surface area contributed by atoms with E-state index in [0.717, 1.165) is 18.7 Å². The van der Waals surface area contributed by atoms with E-state index in [1.54, 1.807) is 22.8 Å². The fourth-order valence-corrected chi connectivity index (χ4v) is 3.76. The summed E-state index contributed by atoms with van der Waals surface area (Å²) in [5, 5.41) is 2.86. The van der Waals surface area contributed by atoms with Crippen LogP contribution < -0.4 is 22.3 Å². The van der Waals surface area contributed by atoms with Gasteiger partial charge >= 0.3 is 0 Å². The maximum atomic E-state index is 12.6. The number of amides is 2. The Hall–Kier alpha value is -3.73. The zero-order chi connectivity index (χ0) is 23.4. The lowest BCUT2D eigenvalue weighted by Crippen LogP contribution is -2.28. The average molecular weight is 441 g/mol. The van der Waals surface area contributed by atoms with E-state index < -0.39 is 11.5 Å². The SMILES string of the molecule is CCN(CC)C(C)c1cc(NC(=O)CCn2cnc3c(=O)[nH]c(N)nc32)ccc1C(N)=O. The van der Waals surface area contributed by atoms with Gasteiger partial charge in [0.05, 0.1) is 6.33 Å². The number of hydrogen-bond acceptors (Lipinski definition) is 7. The molecule has 0 spiro atoms. The topological polar surface area (TPSA) is 165 Å². The minimum Gasteiger partial charge on any atom is -0.369 e. The van der Waals surface area contributed by atoms with Gasteiger partial charge in [-0.15, -0.1) is 0 Å². The fourth-order valence-electron chi connectivity index (χ4n) is 3.76. The first-order valence-electron chi connectivity index (χ1n) is 10.4. The first kappa shape index (κ1) is 22.9. The Kier molecular flexibility index (Phi) is 6.89. The molecule has 0 aliphatic heterocycles. The number of aryl methyl sites for hydroxylation is 1. The van der Waals surface area contributed by atoms with E-state index in [1.807, 2.05) is 20.8 Å². The molecule has 1 aromatic carbocycles. The Balaban J connectivity index is 1.76. The van der Waals surface area contributed by atoms with Gasteiger partial charge in [-0.05, 0) is 43.8 Å². The van der Waals surface area contributed by atoms with E-state index in [-0.39, 0.29) is 36.4 Å². The number of aromatic amines is 1. The maximum absolute atomic E-state index is 12.6. The third-order valence-electron chi connectivity index (χ3n) is 5.48. The molecule has 3 rings (SSSR count). The van der Waals surface area contributed by atoms with Crippen molar-refractivity contribution < 1.29 is 9.59 Å². The predicted molar refractivity (Wildman–Crippen MR) is 122 cm³/mol. The molecule has 0 radical (unpaired) electrons. The summed E-state index contributed by atoms with van der Waals surface area (Å²) in [6.45, 7) is 7.99. The van der Waals surface area contributed by atoms with Gasteiger partial charge in [0.15, 0.2) is 11.2 Å². The average Bonchev–Trinajstić information content (AvgIpc) is 3.16. The second-order valence-electron chi connectivity index (χ2n) is 7.42. The first-order valence-corrected chi connectivity index (χ1v) is 10.4. The van der Waals surface area contributed by atoms with Gasteiger partial charge in [-0.25, -0.2) is 4.98 Å². The van der Waals surface area contributed by atoms with Crippen molar-refractivity contribution in [1.29, 1.82) is 0 Å².